The number of rotatable bonds is 4. The van der Waals surface area contributed by atoms with Gasteiger partial charge in [0.2, 0.25) is 0 Å². The van der Waals surface area contributed by atoms with Crippen LogP contribution < -0.4 is 4.74 Å². The minimum Gasteiger partial charge on any atom is -0.456 e. The molecule has 2 heterocycles. The third kappa shape index (κ3) is 4.29. The van der Waals surface area contributed by atoms with E-state index in [2.05, 4.69) is 15.0 Å². The lowest BCUT2D eigenvalue weighted by Crippen LogP contribution is -2.31. The average molecular weight is 346 g/mol. The predicted octanol–water partition coefficient (Wildman–Crippen LogP) is 4.04. The van der Waals surface area contributed by atoms with Crippen molar-refractivity contribution in [1.82, 2.24) is 14.9 Å². The first-order valence-corrected chi connectivity index (χ1v) is 8.26. The molecule has 0 N–H and O–H groups in total. The van der Waals surface area contributed by atoms with Gasteiger partial charge in [-0.3, -0.25) is 0 Å². The van der Waals surface area contributed by atoms with Crippen LogP contribution in [-0.4, -0.2) is 34.3 Å². The number of amidine groups is 1. The maximum atomic E-state index is 14.0. The summed E-state index contributed by atoms with van der Waals surface area (Å²) in [6.07, 6.45) is 3.58. The van der Waals surface area contributed by atoms with Gasteiger partial charge in [-0.2, -0.15) is 4.98 Å². The monoisotopic (exact) mass is 346 g/mol. The first-order chi connectivity index (χ1) is 12.0. The third-order valence-corrected chi connectivity index (χ3v) is 4.14. The zero-order chi connectivity index (χ0) is 17.8. The number of halogens is 2. The molecule has 1 atom stereocenters. The Labute approximate surface area is 145 Å². The van der Waals surface area contributed by atoms with Crippen molar-refractivity contribution in [3.63, 3.8) is 0 Å². The molecular formula is C18H20F2N4O. The number of piperidine rings is 1. The van der Waals surface area contributed by atoms with Gasteiger partial charge >= 0.3 is 6.01 Å². The van der Waals surface area contributed by atoms with E-state index in [0.717, 1.165) is 43.4 Å². The van der Waals surface area contributed by atoms with Crippen molar-refractivity contribution in [2.75, 3.05) is 13.6 Å². The van der Waals surface area contributed by atoms with Crippen LogP contribution in [0.4, 0.5) is 14.6 Å². The summed E-state index contributed by atoms with van der Waals surface area (Å²) < 4.78 is 32.7. The van der Waals surface area contributed by atoms with E-state index in [1.165, 1.54) is 12.1 Å². The van der Waals surface area contributed by atoms with Crippen molar-refractivity contribution < 1.29 is 13.5 Å². The summed E-state index contributed by atoms with van der Waals surface area (Å²) in [5.74, 6) is -0.126. The Morgan fingerprint density at radius 3 is 2.68 bits per heavy atom. The summed E-state index contributed by atoms with van der Waals surface area (Å²) in [7, 11) is 1.94. The lowest BCUT2D eigenvalue weighted by molar-refractivity contribution is 0.206. The molecule has 3 rings (SSSR count). The summed E-state index contributed by atoms with van der Waals surface area (Å²) in [5.41, 5.74) is 0.772. The topological polar surface area (TPSA) is 50.6 Å². The van der Waals surface area contributed by atoms with Crippen LogP contribution in [0.15, 0.2) is 35.5 Å². The summed E-state index contributed by atoms with van der Waals surface area (Å²) >= 11 is 0. The third-order valence-electron chi connectivity index (χ3n) is 4.14. The van der Waals surface area contributed by atoms with Gasteiger partial charge in [0.05, 0.1) is 6.20 Å². The Bertz CT molecular complexity index is 764. The molecule has 0 saturated carbocycles. The quantitative estimate of drug-likeness (QED) is 0.838. The number of nitrogens with zero attached hydrogens (tertiary/aromatic N) is 4. The van der Waals surface area contributed by atoms with Crippen LogP contribution in [0, 0.1) is 11.6 Å². The Hall–Kier alpha value is -2.57. The summed E-state index contributed by atoms with van der Waals surface area (Å²) in [6, 6.07) is 6.01. The maximum Gasteiger partial charge on any atom is 0.319 e. The molecule has 2 aromatic rings. The fraction of sp³-hybridized carbons (Fsp3) is 0.389. The molecule has 5 nitrogen and oxygen atoms in total. The minimum absolute atomic E-state index is 0.0277. The van der Waals surface area contributed by atoms with Crippen LogP contribution >= 0.6 is 0 Å². The molecule has 1 aromatic carbocycles. The number of aliphatic imine (C=N–C) groups is 1. The zero-order valence-electron chi connectivity index (χ0n) is 14.2. The second-order valence-corrected chi connectivity index (χ2v) is 6.04. The number of aromatic nitrogens is 2. The fourth-order valence-electron chi connectivity index (χ4n) is 2.65. The number of hydrogen-bond acceptors (Lipinski definition) is 4. The van der Waals surface area contributed by atoms with Gasteiger partial charge in [-0.25, -0.2) is 18.8 Å². The van der Waals surface area contributed by atoms with Gasteiger partial charge in [-0.05, 0) is 37.5 Å². The minimum atomic E-state index is -0.590. The molecule has 0 aliphatic carbocycles. The molecule has 25 heavy (non-hydrogen) atoms. The molecule has 1 unspecified atom stereocenters. The molecule has 132 valence electrons. The van der Waals surface area contributed by atoms with Crippen LogP contribution in [0.1, 0.15) is 37.9 Å². The number of likely N-dealkylation sites (tertiary alicyclic amines) is 1. The highest BCUT2D eigenvalue weighted by atomic mass is 19.1. The van der Waals surface area contributed by atoms with Crippen molar-refractivity contribution in [2.45, 2.75) is 32.3 Å². The van der Waals surface area contributed by atoms with E-state index < -0.39 is 11.9 Å². The Morgan fingerprint density at radius 1 is 1.20 bits per heavy atom. The number of hydrogen-bond donors (Lipinski definition) is 0. The number of ether oxygens (including phenoxy) is 1. The fourth-order valence-corrected chi connectivity index (χ4v) is 2.65. The SMILES string of the molecule is CC(Oc1ncc(F)c(N=C2CCCCN2C)n1)c1ccc(F)cc1. The van der Waals surface area contributed by atoms with Crippen LogP contribution in [0.2, 0.25) is 0 Å². The Morgan fingerprint density at radius 2 is 1.96 bits per heavy atom. The van der Waals surface area contributed by atoms with Gasteiger partial charge in [0, 0.05) is 20.0 Å². The van der Waals surface area contributed by atoms with Gasteiger partial charge < -0.3 is 9.64 Å². The number of benzene rings is 1. The van der Waals surface area contributed by atoms with Crippen LogP contribution in [-0.2, 0) is 0 Å². The second kappa shape index (κ2) is 7.55. The summed E-state index contributed by atoms with van der Waals surface area (Å²) in [5, 5.41) is 0. The van der Waals surface area contributed by atoms with Gasteiger partial charge in [-0.1, -0.05) is 12.1 Å². The highest BCUT2D eigenvalue weighted by molar-refractivity contribution is 5.84. The Balaban J connectivity index is 1.79. The van der Waals surface area contributed by atoms with Crippen LogP contribution in [0.25, 0.3) is 0 Å². The van der Waals surface area contributed by atoms with E-state index in [1.54, 1.807) is 19.1 Å². The van der Waals surface area contributed by atoms with E-state index in [4.69, 9.17) is 4.74 Å². The second-order valence-electron chi connectivity index (χ2n) is 6.04. The van der Waals surface area contributed by atoms with Gasteiger partial charge in [0.15, 0.2) is 11.6 Å². The molecule has 7 heteroatoms. The Kier molecular flexibility index (Phi) is 5.21. The van der Waals surface area contributed by atoms with Gasteiger partial charge in [0.25, 0.3) is 0 Å². The lowest BCUT2D eigenvalue weighted by Gasteiger charge is -2.25. The maximum absolute atomic E-state index is 14.0. The average Bonchev–Trinajstić information content (AvgIpc) is 2.60. The van der Waals surface area contributed by atoms with E-state index in [9.17, 15) is 8.78 Å². The normalized spacial score (nSPS) is 17.6. The van der Waals surface area contributed by atoms with Gasteiger partial charge in [-0.15, -0.1) is 0 Å². The van der Waals surface area contributed by atoms with Gasteiger partial charge in [0.1, 0.15) is 17.8 Å². The van der Waals surface area contributed by atoms with E-state index in [-0.39, 0.29) is 17.6 Å². The molecule has 1 aromatic heterocycles. The molecule has 0 radical (unpaired) electrons. The van der Waals surface area contributed by atoms with Crippen LogP contribution in [0.5, 0.6) is 6.01 Å². The largest absolute Gasteiger partial charge is 0.456 e. The van der Waals surface area contributed by atoms with Crippen molar-refractivity contribution in [1.29, 1.82) is 0 Å². The van der Waals surface area contributed by atoms with Crippen molar-refractivity contribution in [3.8, 4) is 6.01 Å². The molecule has 1 saturated heterocycles. The van der Waals surface area contributed by atoms with E-state index in [1.807, 2.05) is 11.9 Å². The van der Waals surface area contributed by atoms with Crippen LogP contribution in [0.3, 0.4) is 0 Å². The van der Waals surface area contributed by atoms with Crippen molar-refractivity contribution >= 4 is 11.7 Å². The molecule has 0 bridgehead atoms. The molecule has 1 aliphatic heterocycles. The molecule has 0 amide bonds. The molecule has 0 spiro atoms. The molecular weight excluding hydrogens is 326 g/mol. The first kappa shape index (κ1) is 17.3. The molecule has 1 aliphatic rings. The smallest absolute Gasteiger partial charge is 0.319 e. The van der Waals surface area contributed by atoms with E-state index >= 15 is 0 Å². The zero-order valence-corrected chi connectivity index (χ0v) is 14.2. The standard InChI is InChI=1S/C18H20F2N4O/c1-12(13-6-8-14(19)9-7-13)25-18-21-11-15(20)17(23-18)22-16-5-3-4-10-24(16)2/h6-9,11-12H,3-5,10H2,1-2H3. The highest BCUT2D eigenvalue weighted by Gasteiger charge is 2.16. The summed E-state index contributed by atoms with van der Waals surface area (Å²) in [6.45, 7) is 2.69. The predicted molar refractivity (Wildman–Crippen MR) is 91.0 cm³/mol. The van der Waals surface area contributed by atoms with E-state index in [0.29, 0.717) is 0 Å². The lowest BCUT2D eigenvalue weighted by atomic mass is 10.1. The summed E-state index contributed by atoms with van der Waals surface area (Å²) in [4.78, 5) is 14.3. The first-order valence-electron chi connectivity index (χ1n) is 8.26. The van der Waals surface area contributed by atoms with Crippen molar-refractivity contribution in [3.05, 3.63) is 47.7 Å². The molecule has 1 fully saturated rings. The van der Waals surface area contributed by atoms with Crippen molar-refractivity contribution in [2.24, 2.45) is 4.99 Å². The highest BCUT2D eigenvalue weighted by Crippen LogP contribution is 2.23.